The van der Waals surface area contributed by atoms with Gasteiger partial charge in [0.1, 0.15) is 5.75 Å². The average molecular weight is 600 g/mol. The minimum absolute atomic E-state index is 0.0471. The third-order valence-corrected chi connectivity index (χ3v) is 7.91. The van der Waals surface area contributed by atoms with E-state index in [4.69, 9.17) is 4.74 Å². The number of carbonyl (C=O) groups excluding carboxylic acids is 1. The van der Waals surface area contributed by atoms with E-state index in [2.05, 4.69) is 19.9 Å². The smallest absolute Gasteiger partial charge is 0.387 e. The van der Waals surface area contributed by atoms with Gasteiger partial charge in [-0.25, -0.2) is 14.6 Å². The van der Waals surface area contributed by atoms with E-state index in [9.17, 15) is 18.4 Å². The van der Waals surface area contributed by atoms with E-state index in [1.807, 2.05) is 36.1 Å². The minimum atomic E-state index is -2.98. The number of piperazine rings is 1. The number of pyridine rings is 1. The summed E-state index contributed by atoms with van der Waals surface area (Å²) in [4.78, 5) is 42.8. The zero-order chi connectivity index (χ0) is 30.8. The van der Waals surface area contributed by atoms with E-state index < -0.39 is 6.61 Å². The van der Waals surface area contributed by atoms with Crippen LogP contribution in [-0.2, 0) is 17.9 Å². The predicted octanol–water partition coefficient (Wildman–Crippen LogP) is 4.41. The van der Waals surface area contributed by atoms with Crippen molar-refractivity contribution < 1.29 is 18.3 Å². The van der Waals surface area contributed by atoms with Crippen LogP contribution in [0.25, 0.3) is 22.0 Å². The summed E-state index contributed by atoms with van der Waals surface area (Å²) < 4.78 is 34.6. The van der Waals surface area contributed by atoms with Crippen molar-refractivity contribution in [1.82, 2.24) is 29.2 Å². The van der Waals surface area contributed by atoms with Crippen LogP contribution in [0.3, 0.4) is 0 Å². The lowest BCUT2D eigenvalue weighted by atomic mass is 10.1. The number of carbonyl (C=O) groups is 1. The van der Waals surface area contributed by atoms with Gasteiger partial charge in [-0.05, 0) is 48.4 Å². The number of hydrogen-bond acceptors (Lipinski definition) is 7. The lowest BCUT2D eigenvalue weighted by Crippen LogP contribution is -2.53. The van der Waals surface area contributed by atoms with Crippen molar-refractivity contribution in [1.29, 1.82) is 0 Å². The van der Waals surface area contributed by atoms with Crippen LogP contribution < -0.4 is 15.2 Å². The van der Waals surface area contributed by atoms with Gasteiger partial charge in [0.25, 0.3) is 5.56 Å². The highest BCUT2D eigenvalue weighted by atomic mass is 19.3. The molecule has 1 aliphatic heterocycles. The Kier molecular flexibility index (Phi) is 8.05. The highest BCUT2D eigenvalue weighted by Crippen LogP contribution is 2.27. The highest BCUT2D eigenvalue weighted by Gasteiger charge is 2.26. The number of fused-ring (bicyclic) bond motifs is 1. The largest absolute Gasteiger partial charge is 0.434 e. The topological polar surface area (TPSA) is 98.4 Å². The molecule has 0 spiro atoms. The Morgan fingerprint density at radius 2 is 1.73 bits per heavy atom. The van der Waals surface area contributed by atoms with Gasteiger partial charge in [-0.3, -0.25) is 19.3 Å². The number of rotatable bonds is 8. The molecule has 226 valence electrons. The Labute approximate surface area is 252 Å². The Morgan fingerprint density at radius 1 is 0.977 bits per heavy atom. The highest BCUT2D eigenvalue weighted by molar-refractivity contribution is 5.84. The molecule has 0 saturated carbocycles. The molecular weight excluding hydrogens is 568 g/mol. The second-order valence-corrected chi connectivity index (χ2v) is 10.8. The maximum atomic E-state index is 13.7. The van der Waals surface area contributed by atoms with E-state index in [1.54, 1.807) is 65.3 Å². The quantitative estimate of drug-likeness (QED) is 0.261. The second kappa shape index (κ2) is 12.2. The number of alkyl halides is 2. The van der Waals surface area contributed by atoms with Gasteiger partial charge in [0.05, 0.1) is 24.0 Å². The maximum Gasteiger partial charge on any atom is 0.387 e. The van der Waals surface area contributed by atoms with Gasteiger partial charge in [-0.2, -0.15) is 8.78 Å². The Hall–Kier alpha value is -5.13. The Morgan fingerprint density at radius 3 is 2.43 bits per heavy atom. The van der Waals surface area contributed by atoms with Gasteiger partial charge < -0.3 is 14.5 Å². The standard InChI is InChI=1S/C32H31F2N7O3/c1-21-18-38(13-14-39(21)22(2)42)32-36-16-26(17-37-32)24-7-8-27-28(15-24)40(20-25-5-3-4-6-29(25)44-31(33)34)41(30(27)43)19-23-9-11-35-12-10-23/h3-12,15-17,21,31H,13-14,18-20H2,1-2H3. The number of benzene rings is 2. The molecular formula is C32H31F2N7O3. The molecule has 0 bridgehead atoms. The second-order valence-electron chi connectivity index (χ2n) is 10.8. The van der Waals surface area contributed by atoms with Crippen LogP contribution in [0.2, 0.25) is 0 Å². The molecule has 0 radical (unpaired) electrons. The third kappa shape index (κ3) is 5.87. The van der Waals surface area contributed by atoms with Gasteiger partial charge >= 0.3 is 6.61 Å². The fraction of sp³-hybridized carbons (Fsp3) is 0.281. The van der Waals surface area contributed by atoms with Crippen molar-refractivity contribution >= 4 is 22.8 Å². The SMILES string of the molecule is CC(=O)N1CCN(c2ncc(-c3ccc4c(=O)n(Cc5ccncc5)n(Cc5ccccc5OC(F)F)c4c3)cn2)CC1C. The molecule has 1 unspecified atom stereocenters. The molecule has 1 fully saturated rings. The Balaban J connectivity index is 1.37. The zero-order valence-electron chi connectivity index (χ0n) is 24.3. The molecule has 4 heterocycles. The van der Waals surface area contributed by atoms with Crippen LogP contribution in [0.4, 0.5) is 14.7 Å². The van der Waals surface area contributed by atoms with Crippen LogP contribution in [-0.4, -0.2) is 67.4 Å². The van der Waals surface area contributed by atoms with Crippen molar-refractivity contribution in [3.05, 3.63) is 101 Å². The number of nitrogens with zero attached hydrogens (tertiary/aromatic N) is 7. The molecule has 12 heteroatoms. The molecule has 1 aliphatic rings. The monoisotopic (exact) mass is 599 g/mol. The van der Waals surface area contributed by atoms with Gasteiger partial charge in [0.15, 0.2) is 0 Å². The van der Waals surface area contributed by atoms with Gasteiger partial charge in [0.2, 0.25) is 11.9 Å². The van der Waals surface area contributed by atoms with Crippen LogP contribution >= 0.6 is 0 Å². The van der Waals surface area contributed by atoms with Crippen molar-refractivity contribution in [3.63, 3.8) is 0 Å². The van der Waals surface area contributed by atoms with E-state index >= 15 is 0 Å². The normalized spacial score (nSPS) is 15.2. The molecule has 2 aromatic carbocycles. The van der Waals surface area contributed by atoms with Crippen LogP contribution in [0, 0.1) is 0 Å². The Bertz CT molecular complexity index is 1840. The van der Waals surface area contributed by atoms with Crippen molar-refractivity contribution in [2.24, 2.45) is 0 Å². The van der Waals surface area contributed by atoms with Gasteiger partial charge in [-0.1, -0.05) is 24.3 Å². The lowest BCUT2D eigenvalue weighted by molar-refractivity contribution is -0.131. The summed E-state index contributed by atoms with van der Waals surface area (Å²) >= 11 is 0. The fourth-order valence-electron chi connectivity index (χ4n) is 5.72. The summed E-state index contributed by atoms with van der Waals surface area (Å²) in [6.45, 7) is 2.88. The predicted molar refractivity (Wildman–Crippen MR) is 162 cm³/mol. The number of aromatic nitrogens is 5. The molecule has 6 rings (SSSR count). The van der Waals surface area contributed by atoms with E-state index in [1.165, 1.54) is 6.07 Å². The van der Waals surface area contributed by atoms with Crippen molar-refractivity contribution in [2.75, 3.05) is 24.5 Å². The molecule has 1 saturated heterocycles. The summed E-state index contributed by atoms with van der Waals surface area (Å²) in [5, 5.41) is 0.491. The van der Waals surface area contributed by atoms with E-state index in [0.29, 0.717) is 42.0 Å². The summed E-state index contributed by atoms with van der Waals surface area (Å²) in [7, 11) is 0. The van der Waals surface area contributed by atoms with Crippen molar-refractivity contribution in [2.45, 2.75) is 39.6 Å². The molecule has 44 heavy (non-hydrogen) atoms. The number of hydrogen-bond donors (Lipinski definition) is 0. The molecule has 3 aromatic heterocycles. The first-order valence-corrected chi connectivity index (χ1v) is 14.3. The van der Waals surface area contributed by atoms with E-state index in [-0.39, 0.29) is 36.3 Å². The molecule has 1 atom stereocenters. The lowest BCUT2D eigenvalue weighted by Gasteiger charge is -2.39. The maximum absolute atomic E-state index is 13.7. The summed E-state index contributed by atoms with van der Waals surface area (Å²) in [6.07, 6.45) is 6.80. The zero-order valence-corrected chi connectivity index (χ0v) is 24.3. The van der Waals surface area contributed by atoms with Gasteiger partial charge in [-0.15, -0.1) is 0 Å². The average Bonchev–Trinajstić information content (AvgIpc) is 3.27. The molecule has 5 aromatic rings. The number of amides is 1. The first kappa shape index (κ1) is 29.0. The van der Waals surface area contributed by atoms with Crippen LogP contribution in [0.1, 0.15) is 25.0 Å². The number of para-hydroxylation sites is 1. The summed E-state index contributed by atoms with van der Waals surface area (Å²) in [5.74, 6) is 0.689. The summed E-state index contributed by atoms with van der Waals surface area (Å²) in [5.41, 5.74) is 3.35. The number of anilines is 1. The van der Waals surface area contributed by atoms with Gasteiger partial charge in [0, 0.05) is 68.5 Å². The van der Waals surface area contributed by atoms with Crippen LogP contribution in [0.15, 0.2) is 84.2 Å². The fourth-order valence-corrected chi connectivity index (χ4v) is 5.72. The number of halogens is 2. The molecule has 0 aliphatic carbocycles. The molecule has 0 N–H and O–H groups in total. The first-order valence-electron chi connectivity index (χ1n) is 14.3. The summed E-state index contributed by atoms with van der Waals surface area (Å²) in [6, 6.07) is 15.8. The third-order valence-electron chi connectivity index (χ3n) is 7.91. The van der Waals surface area contributed by atoms with Crippen LogP contribution in [0.5, 0.6) is 5.75 Å². The number of ether oxygens (including phenoxy) is 1. The molecule has 10 nitrogen and oxygen atoms in total. The van der Waals surface area contributed by atoms with Crippen molar-refractivity contribution in [3.8, 4) is 16.9 Å². The minimum Gasteiger partial charge on any atom is -0.434 e. The van der Waals surface area contributed by atoms with E-state index in [0.717, 1.165) is 16.7 Å². The first-order chi connectivity index (χ1) is 21.3. The molecule has 1 amide bonds.